The van der Waals surface area contributed by atoms with Crippen molar-refractivity contribution in [1.29, 1.82) is 0 Å². The number of nitrogens with zero attached hydrogens (tertiary/aromatic N) is 1. The van der Waals surface area contributed by atoms with Crippen LogP contribution in [0.5, 0.6) is 0 Å². The van der Waals surface area contributed by atoms with Crippen molar-refractivity contribution < 1.29 is 18.9 Å². The molecule has 2 amide bonds. The van der Waals surface area contributed by atoms with Gasteiger partial charge in [-0.05, 0) is 31.5 Å². The average molecular weight is 345 g/mol. The second-order valence-electron chi connectivity index (χ2n) is 5.44. The van der Waals surface area contributed by atoms with Crippen molar-refractivity contribution in [1.82, 2.24) is 0 Å². The zero-order chi connectivity index (χ0) is 18.6. The van der Waals surface area contributed by atoms with Gasteiger partial charge in [-0.15, -0.1) is 0 Å². The Morgan fingerprint density at radius 2 is 1.76 bits per heavy atom. The molecule has 0 bridgehead atoms. The monoisotopic (exact) mass is 345 g/mol. The summed E-state index contributed by atoms with van der Waals surface area (Å²) in [5, 5.41) is 15.8. The topological polar surface area (TPSA) is 101 Å². The van der Waals surface area contributed by atoms with E-state index in [4.69, 9.17) is 0 Å². The molecular weight excluding hydrogens is 329 g/mol. The zero-order valence-electron chi connectivity index (χ0n) is 13.6. The summed E-state index contributed by atoms with van der Waals surface area (Å²) in [5.74, 6) is -1.60. The van der Waals surface area contributed by atoms with Crippen LogP contribution in [0.3, 0.4) is 0 Å². The number of hydrogen-bond acceptors (Lipinski definition) is 4. The van der Waals surface area contributed by atoms with Crippen LogP contribution in [0, 0.1) is 24.0 Å². The van der Waals surface area contributed by atoms with Gasteiger partial charge < -0.3 is 10.6 Å². The lowest BCUT2D eigenvalue weighted by Crippen LogP contribution is -2.19. The number of non-ortho nitro benzene ring substituents is 1. The second kappa shape index (κ2) is 7.52. The predicted molar refractivity (Wildman–Crippen MR) is 91.6 cm³/mol. The minimum absolute atomic E-state index is 0.00415. The number of nitro groups is 1. The summed E-state index contributed by atoms with van der Waals surface area (Å²) in [6, 6.07) is 8.74. The highest BCUT2D eigenvalue weighted by molar-refractivity contribution is 6.10. The van der Waals surface area contributed by atoms with Crippen LogP contribution in [0.15, 0.2) is 36.4 Å². The number of hydrogen-bond donors (Lipinski definition) is 2. The van der Waals surface area contributed by atoms with Crippen LogP contribution in [0.25, 0.3) is 0 Å². The third kappa shape index (κ3) is 4.37. The molecule has 2 aromatic rings. The molecule has 0 unspecified atom stereocenters. The van der Waals surface area contributed by atoms with Crippen molar-refractivity contribution in [3.63, 3.8) is 0 Å². The van der Waals surface area contributed by atoms with E-state index >= 15 is 0 Å². The summed E-state index contributed by atoms with van der Waals surface area (Å²) in [6.45, 7) is 2.45. The average Bonchev–Trinajstić information content (AvgIpc) is 2.57. The first kappa shape index (κ1) is 18.1. The molecule has 130 valence electrons. The number of aryl methyl sites for hydroxylation is 2. The van der Waals surface area contributed by atoms with Gasteiger partial charge in [0.1, 0.15) is 0 Å². The summed E-state index contributed by atoms with van der Waals surface area (Å²) in [7, 11) is 0. The number of anilines is 2. The first-order valence-corrected chi connectivity index (χ1v) is 7.34. The van der Waals surface area contributed by atoms with Crippen LogP contribution < -0.4 is 10.6 Å². The number of alkyl halides is 1. The summed E-state index contributed by atoms with van der Waals surface area (Å²) >= 11 is 0. The Morgan fingerprint density at radius 1 is 1.08 bits per heavy atom. The number of amides is 2. The third-order valence-corrected chi connectivity index (χ3v) is 3.48. The Morgan fingerprint density at radius 3 is 2.36 bits per heavy atom. The van der Waals surface area contributed by atoms with Gasteiger partial charge in [0.2, 0.25) is 0 Å². The molecule has 2 N–H and O–H groups in total. The number of carbonyl (C=O) groups is 2. The molecule has 7 nitrogen and oxygen atoms in total. The van der Waals surface area contributed by atoms with Gasteiger partial charge in [-0.1, -0.05) is 17.7 Å². The Kier molecular flexibility index (Phi) is 5.43. The molecule has 0 aliphatic heterocycles. The fraction of sp³-hybridized carbons (Fsp3) is 0.176. The molecule has 0 atom stereocenters. The Bertz CT molecular complexity index is 852. The highest BCUT2D eigenvalue weighted by Gasteiger charge is 2.19. The van der Waals surface area contributed by atoms with Crippen LogP contribution in [0.4, 0.5) is 21.5 Å². The van der Waals surface area contributed by atoms with Crippen molar-refractivity contribution in [2.75, 3.05) is 17.3 Å². The van der Waals surface area contributed by atoms with Crippen molar-refractivity contribution in [3.8, 4) is 0 Å². The van der Waals surface area contributed by atoms with E-state index in [2.05, 4.69) is 10.6 Å². The van der Waals surface area contributed by atoms with E-state index in [0.717, 1.165) is 23.3 Å². The molecule has 0 saturated heterocycles. The van der Waals surface area contributed by atoms with E-state index in [1.54, 1.807) is 6.07 Å². The van der Waals surface area contributed by atoms with Crippen LogP contribution in [0.1, 0.15) is 21.5 Å². The van der Waals surface area contributed by atoms with E-state index in [9.17, 15) is 24.1 Å². The normalized spacial score (nSPS) is 10.2. The SMILES string of the molecule is Cc1ccc(NC(=O)c2cc([N+](=O)[O-])ccc2NC(=O)CF)c(C)c1. The van der Waals surface area contributed by atoms with Gasteiger partial charge in [-0.2, -0.15) is 0 Å². The Labute approximate surface area is 143 Å². The number of nitrogens with one attached hydrogen (secondary N) is 2. The highest BCUT2D eigenvalue weighted by Crippen LogP contribution is 2.24. The molecular formula is C17H16FN3O4. The smallest absolute Gasteiger partial charge is 0.270 e. The van der Waals surface area contributed by atoms with Gasteiger partial charge in [-0.3, -0.25) is 19.7 Å². The fourth-order valence-corrected chi connectivity index (χ4v) is 2.27. The number of halogens is 1. The van der Waals surface area contributed by atoms with E-state index in [0.29, 0.717) is 5.69 Å². The summed E-state index contributed by atoms with van der Waals surface area (Å²) < 4.78 is 12.4. The Balaban J connectivity index is 2.39. The Hall–Kier alpha value is -3.29. The first-order chi connectivity index (χ1) is 11.8. The molecule has 25 heavy (non-hydrogen) atoms. The van der Waals surface area contributed by atoms with Gasteiger partial charge in [-0.25, -0.2) is 4.39 Å². The quantitative estimate of drug-likeness (QED) is 0.641. The zero-order valence-corrected chi connectivity index (χ0v) is 13.6. The fourth-order valence-electron chi connectivity index (χ4n) is 2.27. The minimum atomic E-state index is -1.27. The lowest BCUT2D eigenvalue weighted by molar-refractivity contribution is -0.384. The molecule has 2 aromatic carbocycles. The molecule has 0 saturated carbocycles. The van der Waals surface area contributed by atoms with Gasteiger partial charge >= 0.3 is 0 Å². The van der Waals surface area contributed by atoms with E-state index < -0.39 is 23.4 Å². The molecule has 0 aliphatic carbocycles. The third-order valence-electron chi connectivity index (χ3n) is 3.48. The predicted octanol–water partition coefficient (Wildman–Crippen LogP) is 3.37. The summed E-state index contributed by atoms with van der Waals surface area (Å²) in [5.41, 5.74) is 1.91. The van der Waals surface area contributed by atoms with Crippen LogP contribution in [0.2, 0.25) is 0 Å². The minimum Gasteiger partial charge on any atom is -0.323 e. The van der Waals surface area contributed by atoms with Gasteiger partial charge in [0, 0.05) is 17.8 Å². The molecule has 0 aliphatic rings. The molecule has 0 fully saturated rings. The molecule has 0 aromatic heterocycles. The number of benzene rings is 2. The maximum atomic E-state index is 12.5. The van der Waals surface area contributed by atoms with Crippen molar-refractivity contribution in [3.05, 3.63) is 63.2 Å². The van der Waals surface area contributed by atoms with Crippen molar-refractivity contribution in [2.45, 2.75) is 13.8 Å². The lowest BCUT2D eigenvalue weighted by Gasteiger charge is -2.12. The maximum absolute atomic E-state index is 12.5. The first-order valence-electron chi connectivity index (χ1n) is 7.34. The van der Waals surface area contributed by atoms with Crippen LogP contribution in [-0.2, 0) is 4.79 Å². The standard InChI is InChI=1S/C17H16FN3O4/c1-10-3-5-14(11(2)7-10)20-17(23)13-8-12(21(24)25)4-6-15(13)19-16(22)9-18/h3-8H,9H2,1-2H3,(H,19,22)(H,20,23). The van der Waals surface area contributed by atoms with Crippen molar-refractivity contribution >= 4 is 28.9 Å². The largest absolute Gasteiger partial charge is 0.323 e. The van der Waals surface area contributed by atoms with E-state index in [1.807, 2.05) is 26.0 Å². The molecule has 0 radical (unpaired) electrons. The highest BCUT2D eigenvalue weighted by atomic mass is 19.1. The summed E-state index contributed by atoms with van der Waals surface area (Å²) in [6.07, 6.45) is 0. The number of rotatable bonds is 5. The molecule has 2 rings (SSSR count). The van der Waals surface area contributed by atoms with Crippen LogP contribution in [-0.4, -0.2) is 23.4 Å². The van der Waals surface area contributed by atoms with Crippen LogP contribution >= 0.6 is 0 Å². The molecule has 0 spiro atoms. The molecule has 8 heteroatoms. The second-order valence-corrected chi connectivity index (χ2v) is 5.44. The number of carbonyl (C=O) groups excluding carboxylic acids is 2. The van der Waals surface area contributed by atoms with Gasteiger partial charge in [0.05, 0.1) is 16.2 Å². The summed E-state index contributed by atoms with van der Waals surface area (Å²) in [4.78, 5) is 34.1. The molecule has 0 heterocycles. The van der Waals surface area contributed by atoms with Crippen molar-refractivity contribution in [2.24, 2.45) is 0 Å². The van der Waals surface area contributed by atoms with E-state index in [1.165, 1.54) is 6.07 Å². The van der Waals surface area contributed by atoms with E-state index in [-0.39, 0.29) is 16.9 Å². The number of nitro benzene ring substituents is 1. The lowest BCUT2D eigenvalue weighted by atomic mass is 10.1. The maximum Gasteiger partial charge on any atom is 0.270 e. The van der Waals surface area contributed by atoms with Gasteiger partial charge in [0.15, 0.2) is 6.67 Å². The van der Waals surface area contributed by atoms with Gasteiger partial charge in [0.25, 0.3) is 17.5 Å².